The normalized spacial score (nSPS) is 14.3. The zero-order valence-corrected chi connectivity index (χ0v) is 17.9. The van der Waals surface area contributed by atoms with Crippen LogP contribution in [0, 0.1) is 5.82 Å². The van der Waals surface area contributed by atoms with E-state index in [9.17, 15) is 14.0 Å². The van der Waals surface area contributed by atoms with E-state index in [1.54, 1.807) is 6.20 Å². The summed E-state index contributed by atoms with van der Waals surface area (Å²) in [5.41, 5.74) is 6.14. The summed E-state index contributed by atoms with van der Waals surface area (Å²) in [6.07, 6.45) is 8.12. The van der Waals surface area contributed by atoms with Gasteiger partial charge < -0.3 is 25.8 Å². The van der Waals surface area contributed by atoms with Crippen LogP contribution in [0.25, 0.3) is 21.9 Å². The number of aromatic nitrogens is 5. The average molecular weight is 461 g/mol. The number of Topliss-reactive ketones (excluding diaryl/α,β-unsaturated/α-hetero) is 1. The Labute approximate surface area is 192 Å². The van der Waals surface area contributed by atoms with Crippen LogP contribution in [0.1, 0.15) is 10.4 Å². The van der Waals surface area contributed by atoms with Gasteiger partial charge in [-0.2, -0.15) is 0 Å². The molecule has 0 radical (unpaired) electrons. The molecule has 1 aliphatic rings. The maximum absolute atomic E-state index is 14.6. The highest BCUT2D eigenvalue weighted by molar-refractivity contribution is 6.45. The zero-order valence-electron chi connectivity index (χ0n) is 17.9. The first-order valence-corrected chi connectivity index (χ1v) is 10.5. The van der Waals surface area contributed by atoms with Crippen molar-refractivity contribution in [1.82, 2.24) is 29.8 Å². The van der Waals surface area contributed by atoms with E-state index in [1.807, 2.05) is 17.0 Å². The largest absolute Gasteiger partial charge is 0.403 e. The van der Waals surface area contributed by atoms with Crippen molar-refractivity contribution in [3.05, 3.63) is 60.8 Å². The second-order valence-corrected chi connectivity index (χ2v) is 7.59. The summed E-state index contributed by atoms with van der Waals surface area (Å²) in [5, 5.41) is 3.62. The van der Waals surface area contributed by atoms with Gasteiger partial charge in [-0.1, -0.05) is 0 Å². The lowest BCUT2D eigenvalue weighted by atomic mass is 10.1. The third kappa shape index (κ3) is 3.64. The Morgan fingerprint density at radius 2 is 1.97 bits per heavy atom. The summed E-state index contributed by atoms with van der Waals surface area (Å²) in [7, 11) is 0. The Morgan fingerprint density at radius 1 is 1.15 bits per heavy atom. The summed E-state index contributed by atoms with van der Waals surface area (Å²) >= 11 is 0. The minimum Gasteiger partial charge on any atom is -0.403 e. The molecule has 1 amide bonds. The Bertz CT molecular complexity index is 1420. The van der Waals surface area contributed by atoms with Crippen LogP contribution in [0.5, 0.6) is 0 Å². The SMILES string of the molecule is N/C=C\Nc1ncc(F)c2c(C(=O)C(=O)N3CCN(c4ncnc5ncccc45)CC3)c[nH]c12. The lowest BCUT2D eigenvalue weighted by molar-refractivity contribution is -0.126. The van der Waals surface area contributed by atoms with Crippen LogP contribution in [0.3, 0.4) is 0 Å². The number of ketones is 1. The second-order valence-electron chi connectivity index (χ2n) is 7.59. The molecule has 0 unspecified atom stereocenters. The van der Waals surface area contributed by atoms with Crippen molar-refractivity contribution in [2.75, 3.05) is 36.4 Å². The lowest BCUT2D eigenvalue weighted by Gasteiger charge is -2.35. The maximum atomic E-state index is 14.6. The fourth-order valence-electron chi connectivity index (χ4n) is 4.04. The van der Waals surface area contributed by atoms with Gasteiger partial charge in [-0.15, -0.1) is 0 Å². The number of amides is 1. The molecule has 0 aliphatic carbocycles. The summed E-state index contributed by atoms with van der Waals surface area (Å²) < 4.78 is 14.6. The highest BCUT2D eigenvalue weighted by atomic mass is 19.1. The first kappa shape index (κ1) is 21.2. The predicted octanol–water partition coefficient (Wildman–Crippen LogP) is 1.41. The molecule has 34 heavy (non-hydrogen) atoms. The second kappa shape index (κ2) is 8.73. The van der Waals surface area contributed by atoms with E-state index < -0.39 is 17.5 Å². The van der Waals surface area contributed by atoms with Crippen LogP contribution in [0.4, 0.5) is 16.0 Å². The molecule has 4 aromatic heterocycles. The molecule has 1 fully saturated rings. The number of anilines is 2. The van der Waals surface area contributed by atoms with Gasteiger partial charge in [-0.3, -0.25) is 9.59 Å². The van der Waals surface area contributed by atoms with Gasteiger partial charge in [-0.25, -0.2) is 24.3 Å². The van der Waals surface area contributed by atoms with Crippen molar-refractivity contribution < 1.29 is 14.0 Å². The summed E-state index contributed by atoms with van der Waals surface area (Å²) in [6, 6.07) is 3.71. The molecule has 0 aromatic carbocycles. The van der Waals surface area contributed by atoms with Gasteiger partial charge in [0.05, 0.1) is 28.0 Å². The Kier molecular flexibility index (Phi) is 5.46. The van der Waals surface area contributed by atoms with Crippen LogP contribution < -0.4 is 16.0 Å². The number of hydrogen-bond donors (Lipinski definition) is 3. The van der Waals surface area contributed by atoms with E-state index in [4.69, 9.17) is 5.73 Å². The monoisotopic (exact) mass is 461 g/mol. The molecule has 5 rings (SSSR count). The molecule has 172 valence electrons. The Hall–Kier alpha value is -4.61. The molecule has 0 atom stereocenters. The summed E-state index contributed by atoms with van der Waals surface area (Å²) in [4.78, 5) is 49.1. The predicted molar refractivity (Wildman–Crippen MR) is 123 cm³/mol. The topological polar surface area (TPSA) is 146 Å². The van der Waals surface area contributed by atoms with Crippen LogP contribution >= 0.6 is 0 Å². The van der Waals surface area contributed by atoms with Gasteiger partial charge in [-0.05, 0) is 12.1 Å². The zero-order chi connectivity index (χ0) is 23.7. The number of pyridine rings is 2. The number of nitrogens with two attached hydrogens (primary N) is 1. The van der Waals surface area contributed by atoms with Gasteiger partial charge in [0.1, 0.15) is 12.1 Å². The van der Waals surface area contributed by atoms with Crippen molar-refractivity contribution in [2.24, 2.45) is 5.73 Å². The number of carbonyl (C=O) groups is 2. The fourth-order valence-corrected chi connectivity index (χ4v) is 4.04. The Morgan fingerprint density at radius 3 is 2.76 bits per heavy atom. The number of fused-ring (bicyclic) bond motifs is 2. The van der Waals surface area contributed by atoms with Crippen LogP contribution in [-0.2, 0) is 4.79 Å². The lowest BCUT2D eigenvalue weighted by Crippen LogP contribution is -2.51. The van der Waals surface area contributed by atoms with E-state index in [-0.39, 0.29) is 22.3 Å². The standard InChI is InChI=1S/C22H20FN9O2/c23-15-11-28-20(26-5-3-24)17-16(15)14(10-27-17)18(33)22(34)32-8-6-31(7-9-32)21-13-2-1-4-25-19(13)29-12-30-21/h1-5,10-12,27H,6-9,24H2,(H,26,28)/b5-3-. The van der Waals surface area contributed by atoms with Crippen molar-refractivity contribution in [1.29, 1.82) is 0 Å². The van der Waals surface area contributed by atoms with Gasteiger partial charge in [0.25, 0.3) is 11.7 Å². The number of hydrogen-bond acceptors (Lipinski definition) is 9. The molecule has 5 heterocycles. The van der Waals surface area contributed by atoms with Crippen molar-refractivity contribution >= 4 is 45.3 Å². The molecule has 12 heteroatoms. The number of aromatic amines is 1. The van der Waals surface area contributed by atoms with E-state index >= 15 is 0 Å². The van der Waals surface area contributed by atoms with Crippen molar-refractivity contribution in [3.63, 3.8) is 0 Å². The number of H-pyrrole nitrogens is 1. The smallest absolute Gasteiger partial charge is 0.295 e. The fraction of sp³-hybridized carbons (Fsp3) is 0.182. The van der Waals surface area contributed by atoms with Crippen LogP contribution in [0.15, 0.2) is 49.5 Å². The quantitative estimate of drug-likeness (QED) is 0.297. The summed E-state index contributed by atoms with van der Waals surface area (Å²) in [6.45, 7) is 1.59. The van der Waals surface area contributed by atoms with Crippen LogP contribution in [-0.4, -0.2) is 67.7 Å². The van der Waals surface area contributed by atoms with Gasteiger partial charge in [0.2, 0.25) is 0 Å². The number of nitrogens with zero attached hydrogens (tertiary/aromatic N) is 6. The van der Waals surface area contributed by atoms with Crippen LogP contribution in [0.2, 0.25) is 0 Å². The molecule has 4 N–H and O–H groups in total. The number of rotatable bonds is 5. The third-order valence-corrected chi connectivity index (χ3v) is 5.67. The molecule has 1 aliphatic heterocycles. The maximum Gasteiger partial charge on any atom is 0.295 e. The Balaban J connectivity index is 1.34. The van der Waals surface area contributed by atoms with E-state index in [0.29, 0.717) is 31.8 Å². The molecule has 1 saturated heterocycles. The average Bonchev–Trinajstić information content (AvgIpc) is 3.34. The van der Waals surface area contributed by atoms with E-state index in [1.165, 1.54) is 29.8 Å². The first-order chi connectivity index (χ1) is 16.6. The minimum absolute atomic E-state index is 0.000127. The summed E-state index contributed by atoms with van der Waals surface area (Å²) in [5.74, 6) is -1.17. The number of piperazine rings is 1. The number of halogens is 1. The van der Waals surface area contributed by atoms with Crippen molar-refractivity contribution in [3.8, 4) is 0 Å². The van der Waals surface area contributed by atoms with Gasteiger partial charge in [0, 0.05) is 51.0 Å². The van der Waals surface area contributed by atoms with Crippen molar-refractivity contribution in [2.45, 2.75) is 0 Å². The highest BCUT2D eigenvalue weighted by Crippen LogP contribution is 2.28. The van der Waals surface area contributed by atoms with Gasteiger partial charge in [0.15, 0.2) is 17.3 Å². The van der Waals surface area contributed by atoms with E-state index in [2.05, 4.69) is 30.2 Å². The number of nitrogens with one attached hydrogen (secondary N) is 2. The third-order valence-electron chi connectivity index (χ3n) is 5.67. The first-order valence-electron chi connectivity index (χ1n) is 10.5. The molecule has 4 aromatic rings. The highest BCUT2D eigenvalue weighted by Gasteiger charge is 2.30. The molecule has 11 nitrogen and oxygen atoms in total. The number of carbonyl (C=O) groups excluding carboxylic acids is 2. The molecular formula is C22H20FN9O2. The van der Waals surface area contributed by atoms with Gasteiger partial charge >= 0.3 is 0 Å². The molecule has 0 bridgehead atoms. The van der Waals surface area contributed by atoms with E-state index in [0.717, 1.165) is 17.4 Å². The molecule has 0 saturated carbocycles. The minimum atomic E-state index is -0.790. The molecule has 0 spiro atoms. The molecular weight excluding hydrogens is 441 g/mol.